The molecule has 1 amide bonds. The van der Waals surface area contributed by atoms with Gasteiger partial charge < -0.3 is 9.88 Å². The molecule has 2 saturated heterocycles. The minimum atomic E-state index is 0.198. The van der Waals surface area contributed by atoms with Crippen LogP contribution in [-0.4, -0.2) is 27.9 Å². The monoisotopic (exact) mass is 292 g/mol. The first-order chi connectivity index (χ1) is 10.8. The molecule has 112 valence electrons. The summed E-state index contributed by atoms with van der Waals surface area (Å²) in [6.45, 7) is 0. The number of aromatic nitrogens is 1. The number of nitrogens with zero attached hydrogens (tertiary/aromatic N) is 1. The summed E-state index contributed by atoms with van der Waals surface area (Å²) in [4.78, 5) is 18.5. The SMILES string of the molecule is O=C(c1cc2ccccc2[nH]1)N1C2CCC1CC(=C1CC1)C2. The van der Waals surface area contributed by atoms with Crippen LogP contribution in [0.3, 0.4) is 0 Å². The lowest BCUT2D eigenvalue weighted by Gasteiger charge is -2.36. The van der Waals surface area contributed by atoms with Crippen LogP contribution < -0.4 is 0 Å². The molecule has 2 atom stereocenters. The van der Waals surface area contributed by atoms with Gasteiger partial charge in [0.1, 0.15) is 5.69 Å². The Kier molecular flexibility index (Phi) is 2.55. The number of piperidine rings is 1. The maximum Gasteiger partial charge on any atom is 0.270 e. The van der Waals surface area contributed by atoms with Gasteiger partial charge in [-0.3, -0.25) is 4.79 Å². The molecule has 1 aromatic heterocycles. The lowest BCUT2D eigenvalue weighted by Crippen LogP contribution is -2.44. The summed E-state index contributed by atoms with van der Waals surface area (Å²) < 4.78 is 0. The number of amides is 1. The van der Waals surface area contributed by atoms with Gasteiger partial charge in [-0.25, -0.2) is 0 Å². The summed E-state index contributed by atoms with van der Waals surface area (Å²) in [5.41, 5.74) is 5.17. The van der Waals surface area contributed by atoms with Crippen molar-refractivity contribution in [2.75, 3.05) is 0 Å². The fourth-order valence-corrected chi connectivity index (χ4v) is 4.38. The fourth-order valence-electron chi connectivity index (χ4n) is 4.38. The second-order valence-corrected chi connectivity index (χ2v) is 6.98. The average Bonchev–Trinajstić information content (AvgIpc) is 3.24. The number of para-hydroxylation sites is 1. The van der Waals surface area contributed by atoms with Crippen LogP contribution in [0, 0.1) is 0 Å². The summed E-state index contributed by atoms with van der Waals surface area (Å²) in [5, 5.41) is 1.12. The molecule has 1 N–H and O–H groups in total. The Balaban J connectivity index is 1.47. The molecule has 3 heterocycles. The maximum absolute atomic E-state index is 13.0. The van der Waals surface area contributed by atoms with Gasteiger partial charge in [0.2, 0.25) is 0 Å². The van der Waals surface area contributed by atoms with Gasteiger partial charge in [-0.1, -0.05) is 29.3 Å². The highest BCUT2D eigenvalue weighted by Crippen LogP contribution is 2.45. The van der Waals surface area contributed by atoms with Gasteiger partial charge in [0.05, 0.1) is 0 Å². The van der Waals surface area contributed by atoms with Gasteiger partial charge in [-0.05, 0) is 50.7 Å². The number of carbonyl (C=O) groups excluding carboxylic acids is 1. The van der Waals surface area contributed by atoms with E-state index in [0.717, 1.165) is 29.4 Å². The van der Waals surface area contributed by atoms with E-state index in [1.54, 1.807) is 11.1 Å². The van der Waals surface area contributed by atoms with E-state index in [-0.39, 0.29) is 5.91 Å². The zero-order valence-electron chi connectivity index (χ0n) is 12.6. The van der Waals surface area contributed by atoms with Crippen LogP contribution >= 0.6 is 0 Å². The zero-order valence-corrected chi connectivity index (χ0v) is 12.6. The summed E-state index contributed by atoms with van der Waals surface area (Å²) in [6.07, 6.45) is 7.21. The average molecular weight is 292 g/mol. The molecule has 1 aromatic carbocycles. The largest absolute Gasteiger partial charge is 0.351 e. The first-order valence-electron chi connectivity index (χ1n) is 8.40. The Morgan fingerprint density at radius 1 is 1.05 bits per heavy atom. The smallest absolute Gasteiger partial charge is 0.270 e. The number of carbonyl (C=O) groups is 1. The Bertz CT molecular complexity index is 746. The van der Waals surface area contributed by atoms with Crippen molar-refractivity contribution in [3.05, 3.63) is 47.2 Å². The van der Waals surface area contributed by atoms with Crippen LogP contribution in [-0.2, 0) is 0 Å². The molecule has 0 radical (unpaired) electrons. The Labute approximate surface area is 130 Å². The van der Waals surface area contributed by atoms with Crippen molar-refractivity contribution in [3.63, 3.8) is 0 Å². The minimum Gasteiger partial charge on any atom is -0.351 e. The first kappa shape index (κ1) is 12.5. The predicted octanol–water partition coefficient (Wildman–Crippen LogP) is 4.03. The lowest BCUT2D eigenvalue weighted by molar-refractivity contribution is 0.0629. The van der Waals surface area contributed by atoms with Crippen molar-refractivity contribution in [1.29, 1.82) is 0 Å². The molecule has 2 aromatic rings. The van der Waals surface area contributed by atoms with Crippen LogP contribution in [0.15, 0.2) is 41.5 Å². The van der Waals surface area contributed by atoms with E-state index in [9.17, 15) is 4.79 Å². The van der Waals surface area contributed by atoms with Gasteiger partial charge in [-0.2, -0.15) is 0 Å². The molecule has 3 heteroatoms. The second kappa shape index (κ2) is 4.48. The number of H-pyrrole nitrogens is 1. The minimum absolute atomic E-state index is 0.198. The number of allylic oxidation sites excluding steroid dienone is 1. The van der Waals surface area contributed by atoms with Crippen molar-refractivity contribution in [1.82, 2.24) is 9.88 Å². The molecular formula is C19H20N2O. The van der Waals surface area contributed by atoms with Gasteiger partial charge in [-0.15, -0.1) is 0 Å². The highest BCUT2D eigenvalue weighted by molar-refractivity contribution is 5.98. The normalized spacial score (nSPS) is 26.8. The van der Waals surface area contributed by atoms with Gasteiger partial charge >= 0.3 is 0 Å². The molecule has 2 unspecified atom stereocenters. The molecule has 3 fully saturated rings. The van der Waals surface area contributed by atoms with Crippen LogP contribution in [0.2, 0.25) is 0 Å². The van der Waals surface area contributed by atoms with Crippen LogP contribution in [0.25, 0.3) is 10.9 Å². The molecule has 22 heavy (non-hydrogen) atoms. The van der Waals surface area contributed by atoms with Crippen molar-refractivity contribution < 1.29 is 4.79 Å². The third-order valence-electron chi connectivity index (χ3n) is 5.58. The Morgan fingerprint density at radius 3 is 2.45 bits per heavy atom. The third kappa shape index (κ3) is 1.84. The van der Waals surface area contributed by atoms with Crippen molar-refractivity contribution in [2.45, 2.75) is 50.6 Å². The van der Waals surface area contributed by atoms with E-state index in [2.05, 4.69) is 16.0 Å². The van der Waals surface area contributed by atoms with E-state index in [0.29, 0.717) is 12.1 Å². The highest BCUT2D eigenvalue weighted by Gasteiger charge is 2.43. The van der Waals surface area contributed by atoms with Gasteiger partial charge in [0, 0.05) is 23.0 Å². The molecule has 1 aliphatic carbocycles. The number of rotatable bonds is 1. The summed E-state index contributed by atoms with van der Waals surface area (Å²) in [6, 6.07) is 11.0. The predicted molar refractivity (Wildman–Crippen MR) is 86.8 cm³/mol. The summed E-state index contributed by atoms with van der Waals surface area (Å²) in [5.74, 6) is 0.198. The number of hydrogen-bond donors (Lipinski definition) is 1. The summed E-state index contributed by atoms with van der Waals surface area (Å²) in [7, 11) is 0. The number of hydrogen-bond acceptors (Lipinski definition) is 1. The van der Waals surface area contributed by atoms with E-state index in [1.165, 1.54) is 25.7 Å². The van der Waals surface area contributed by atoms with Gasteiger partial charge in [0.15, 0.2) is 0 Å². The molecule has 2 bridgehead atoms. The van der Waals surface area contributed by atoms with E-state index < -0.39 is 0 Å². The number of fused-ring (bicyclic) bond motifs is 3. The van der Waals surface area contributed by atoms with E-state index in [4.69, 9.17) is 0 Å². The molecule has 1 saturated carbocycles. The van der Waals surface area contributed by atoms with E-state index >= 15 is 0 Å². The van der Waals surface area contributed by atoms with E-state index in [1.807, 2.05) is 24.3 Å². The summed E-state index contributed by atoms with van der Waals surface area (Å²) >= 11 is 0. The Morgan fingerprint density at radius 2 is 1.77 bits per heavy atom. The quantitative estimate of drug-likeness (QED) is 0.792. The zero-order chi connectivity index (χ0) is 14.7. The fraction of sp³-hybridized carbons (Fsp3) is 0.421. The first-order valence-corrected chi connectivity index (χ1v) is 8.40. The molecule has 0 spiro atoms. The van der Waals surface area contributed by atoms with Crippen molar-refractivity contribution >= 4 is 16.8 Å². The van der Waals surface area contributed by atoms with Crippen LogP contribution in [0.5, 0.6) is 0 Å². The third-order valence-corrected chi connectivity index (χ3v) is 5.58. The molecule has 3 aliphatic rings. The highest BCUT2D eigenvalue weighted by atomic mass is 16.2. The number of aromatic amines is 1. The Hall–Kier alpha value is -2.03. The van der Waals surface area contributed by atoms with Crippen LogP contribution in [0.4, 0.5) is 0 Å². The molecular weight excluding hydrogens is 272 g/mol. The number of benzene rings is 1. The maximum atomic E-state index is 13.0. The lowest BCUT2D eigenvalue weighted by atomic mass is 9.95. The number of nitrogens with one attached hydrogen (secondary N) is 1. The standard InChI is InChI=1S/C19H20N2O/c22-19(18-11-13-3-1-2-4-17(13)20-18)21-15-7-8-16(21)10-14(9-15)12-5-6-12/h1-4,11,15-16,20H,5-10H2. The van der Waals surface area contributed by atoms with Crippen molar-refractivity contribution in [2.24, 2.45) is 0 Å². The second-order valence-electron chi connectivity index (χ2n) is 6.98. The van der Waals surface area contributed by atoms with Gasteiger partial charge in [0.25, 0.3) is 5.91 Å². The molecule has 2 aliphatic heterocycles. The topological polar surface area (TPSA) is 36.1 Å². The van der Waals surface area contributed by atoms with Crippen molar-refractivity contribution in [3.8, 4) is 0 Å². The molecule has 3 nitrogen and oxygen atoms in total. The van der Waals surface area contributed by atoms with Crippen LogP contribution in [0.1, 0.15) is 49.0 Å². The molecule has 5 rings (SSSR count).